The van der Waals surface area contributed by atoms with Crippen LogP contribution in [0.1, 0.15) is 30.1 Å². The molecule has 2 rings (SSSR count). The highest BCUT2D eigenvalue weighted by atomic mass is 35.5. The molecule has 110 valence electrons. The molecule has 1 heterocycles. The summed E-state index contributed by atoms with van der Waals surface area (Å²) in [6.07, 6.45) is 2.08. The van der Waals surface area contributed by atoms with Crippen LogP contribution < -0.4 is 10.5 Å². The maximum absolute atomic E-state index is 12.6. The molecule has 2 atom stereocenters. The number of rotatable bonds is 3. The molecule has 4 nitrogen and oxygen atoms in total. The number of hydrogen-bond donors (Lipinski definition) is 1. The van der Waals surface area contributed by atoms with Crippen LogP contribution in [0.5, 0.6) is 5.75 Å². The van der Waals surface area contributed by atoms with Gasteiger partial charge in [0, 0.05) is 24.2 Å². The van der Waals surface area contributed by atoms with Gasteiger partial charge in [-0.2, -0.15) is 0 Å². The van der Waals surface area contributed by atoms with Gasteiger partial charge in [-0.25, -0.2) is 0 Å². The molecule has 1 fully saturated rings. The number of hydrogen-bond acceptors (Lipinski definition) is 3. The Morgan fingerprint density at radius 1 is 1.55 bits per heavy atom. The second-order valence-corrected chi connectivity index (χ2v) is 5.79. The van der Waals surface area contributed by atoms with E-state index in [1.807, 2.05) is 11.8 Å². The third kappa shape index (κ3) is 3.25. The van der Waals surface area contributed by atoms with E-state index in [1.165, 1.54) is 0 Å². The third-order valence-electron chi connectivity index (χ3n) is 3.88. The molecule has 1 aromatic carbocycles. The second-order valence-electron chi connectivity index (χ2n) is 5.36. The van der Waals surface area contributed by atoms with Crippen LogP contribution in [0, 0.1) is 5.92 Å². The monoisotopic (exact) mass is 296 g/mol. The van der Waals surface area contributed by atoms with Gasteiger partial charge in [0.1, 0.15) is 5.75 Å². The number of likely N-dealkylation sites (tertiary alicyclic amines) is 1. The van der Waals surface area contributed by atoms with E-state index in [0.717, 1.165) is 19.4 Å². The van der Waals surface area contributed by atoms with Gasteiger partial charge in [-0.3, -0.25) is 4.79 Å². The number of ether oxygens (including phenoxy) is 1. The number of methoxy groups -OCH3 is 1. The molecule has 0 aliphatic carbocycles. The number of nitrogens with zero attached hydrogens (tertiary/aromatic N) is 1. The minimum absolute atomic E-state index is 0.0103. The average Bonchev–Trinajstić information content (AvgIpc) is 2.46. The van der Waals surface area contributed by atoms with Crippen molar-refractivity contribution in [3.8, 4) is 5.75 Å². The fourth-order valence-corrected chi connectivity index (χ4v) is 2.80. The summed E-state index contributed by atoms with van der Waals surface area (Å²) in [5, 5.41) is 0.561. The maximum atomic E-state index is 12.6. The molecule has 0 bridgehead atoms. The van der Waals surface area contributed by atoms with Gasteiger partial charge >= 0.3 is 0 Å². The van der Waals surface area contributed by atoms with Crippen LogP contribution in [0.4, 0.5) is 0 Å². The smallest absolute Gasteiger partial charge is 0.257 e. The van der Waals surface area contributed by atoms with Crippen LogP contribution in [0.2, 0.25) is 5.02 Å². The molecule has 0 saturated carbocycles. The number of nitrogens with two attached hydrogens (primary N) is 1. The van der Waals surface area contributed by atoms with Crippen LogP contribution in [0.25, 0.3) is 0 Å². The topological polar surface area (TPSA) is 55.6 Å². The van der Waals surface area contributed by atoms with E-state index in [2.05, 4.69) is 0 Å². The predicted molar refractivity (Wildman–Crippen MR) is 80.3 cm³/mol. The number of benzene rings is 1. The molecule has 0 aromatic heterocycles. The van der Waals surface area contributed by atoms with Crippen LogP contribution >= 0.6 is 11.6 Å². The lowest BCUT2D eigenvalue weighted by molar-refractivity contribution is 0.0657. The van der Waals surface area contributed by atoms with Crippen LogP contribution in [-0.4, -0.2) is 37.0 Å². The highest BCUT2D eigenvalue weighted by molar-refractivity contribution is 6.30. The molecule has 20 heavy (non-hydrogen) atoms. The van der Waals surface area contributed by atoms with Crippen molar-refractivity contribution < 1.29 is 9.53 Å². The Balaban J connectivity index is 2.18. The minimum Gasteiger partial charge on any atom is -0.496 e. The Morgan fingerprint density at radius 3 is 2.95 bits per heavy atom. The Bertz CT molecular complexity index is 491. The van der Waals surface area contributed by atoms with Crippen molar-refractivity contribution in [2.45, 2.75) is 25.8 Å². The normalized spacial score (nSPS) is 20.6. The third-order valence-corrected chi connectivity index (χ3v) is 4.12. The largest absolute Gasteiger partial charge is 0.496 e. The summed E-state index contributed by atoms with van der Waals surface area (Å²) in [6, 6.07) is 5.21. The number of carbonyl (C=O) groups is 1. The molecule has 1 aromatic rings. The van der Waals surface area contributed by atoms with Crippen molar-refractivity contribution >= 4 is 17.5 Å². The lowest BCUT2D eigenvalue weighted by Gasteiger charge is -2.34. The molecule has 2 N–H and O–H groups in total. The SMILES string of the molecule is COc1cc(Cl)ccc1C(=O)N1CCC[C@@H]([C@H](C)N)C1. The first kappa shape index (κ1) is 15.1. The van der Waals surface area contributed by atoms with Gasteiger partial charge in [0.15, 0.2) is 0 Å². The molecule has 0 unspecified atom stereocenters. The molecule has 0 spiro atoms. The van der Waals surface area contributed by atoms with Crippen LogP contribution in [0.15, 0.2) is 18.2 Å². The number of amides is 1. The zero-order valence-corrected chi connectivity index (χ0v) is 12.7. The summed E-state index contributed by atoms with van der Waals surface area (Å²) in [6.45, 7) is 3.48. The van der Waals surface area contributed by atoms with Gasteiger partial charge in [0.05, 0.1) is 12.7 Å². The average molecular weight is 297 g/mol. The van der Waals surface area contributed by atoms with E-state index in [0.29, 0.717) is 28.8 Å². The highest BCUT2D eigenvalue weighted by Crippen LogP contribution is 2.27. The molecule has 1 amide bonds. The Labute approximate surface area is 124 Å². The second kappa shape index (κ2) is 6.46. The van der Waals surface area contributed by atoms with E-state index in [1.54, 1.807) is 25.3 Å². The van der Waals surface area contributed by atoms with Gasteiger partial charge in [-0.1, -0.05) is 11.6 Å². The van der Waals surface area contributed by atoms with Crippen LogP contribution in [-0.2, 0) is 0 Å². The van der Waals surface area contributed by atoms with E-state index < -0.39 is 0 Å². The zero-order valence-electron chi connectivity index (χ0n) is 11.9. The van der Waals surface area contributed by atoms with Gasteiger partial charge in [0.2, 0.25) is 0 Å². The van der Waals surface area contributed by atoms with Gasteiger partial charge in [-0.15, -0.1) is 0 Å². The first-order chi connectivity index (χ1) is 9.52. The predicted octanol–water partition coefficient (Wildman–Crippen LogP) is 2.55. The molecule has 1 aliphatic heterocycles. The number of piperidine rings is 1. The van der Waals surface area contributed by atoms with Crippen molar-refractivity contribution in [1.29, 1.82) is 0 Å². The number of halogens is 1. The first-order valence-corrected chi connectivity index (χ1v) is 7.29. The van der Waals surface area contributed by atoms with Crippen molar-refractivity contribution in [3.05, 3.63) is 28.8 Å². The van der Waals surface area contributed by atoms with E-state index >= 15 is 0 Å². The lowest BCUT2D eigenvalue weighted by atomic mass is 9.92. The standard InChI is InChI=1S/C15H21ClN2O2/c1-10(17)11-4-3-7-18(9-11)15(19)13-6-5-12(16)8-14(13)20-2/h5-6,8,10-11H,3-4,7,9,17H2,1-2H3/t10-,11+/m0/s1. The van der Waals surface area contributed by atoms with Crippen molar-refractivity contribution in [1.82, 2.24) is 4.90 Å². The lowest BCUT2D eigenvalue weighted by Crippen LogP contribution is -2.45. The Morgan fingerprint density at radius 2 is 2.30 bits per heavy atom. The Kier molecular flexibility index (Phi) is 4.89. The fraction of sp³-hybridized carbons (Fsp3) is 0.533. The molecule has 1 aliphatic rings. The maximum Gasteiger partial charge on any atom is 0.257 e. The zero-order chi connectivity index (χ0) is 14.7. The van der Waals surface area contributed by atoms with E-state index in [-0.39, 0.29) is 11.9 Å². The summed E-state index contributed by atoms with van der Waals surface area (Å²) >= 11 is 5.93. The van der Waals surface area contributed by atoms with Crippen molar-refractivity contribution in [3.63, 3.8) is 0 Å². The van der Waals surface area contributed by atoms with Gasteiger partial charge in [0.25, 0.3) is 5.91 Å². The van der Waals surface area contributed by atoms with Gasteiger partial charge in [-0.05, 0) is 43.9 Å². The van der Waals surface area contributed by atoms with E-state index in [9.17, 15) is 4.79 Å². The summed E-state index contributed by atoms with van der Waals surface area (Å²) in [7, 11) is 1.55. The molecule has 0 radical (unpaired) electrons. The summed E-state index contributed by atoms with van der Waals surface area (Å²) in [5.41, 5.74) is 6.52. The number of carbonyl (C=O) groups excluding carboxylic acids is 1. The molecule has 5 heteroatoms. The van der Waals surface area contributed by atoms with Crippen molar-refractivity contribution in [2.75, 3.05) is 20.2 Å². The Hall–Kier alpha value is -1.26. The van der Waals surface area contributed by atoms with Gasteiger partial charge < -0.3 is 15.4 Å². The highest BCUT2D eigenvalue weighted by Gasteiger charge is 2.27. The van der Waals surface area contributed by atoms with Crippen molar-refractivity contribution in [2.24, 2.45) is 11.7 Å². The quantitative estimate of drug-likeness (QED) is 0.932. The minimum atomic E-state index is -0.0103. The van der Waals surface area contributed by atoms with E-state index in [4.69, 9.17) is 22.1 Å². The molecular weight excluding hydrogens is 276 g/mol. The first-order valence-electron chi connectivity index (χ1n) is 6.91. The fourth-order valence-electron chi connectivity index (χ4n) is 2.64. The summed E-state index contributed by atoms with van der Waals surface area (Å²) in [5.74, 6) is 0.875. The molecular formula is C15H21ClN2O2. The summed E-state index contributed by atoms with van der Waals surface area (Å²) < 4.78 is 5.26. The molecule has 1 saturated heterocycles. The summed E-state index contributed by atoms with van der Waals surface area (Å²) in [4.78, 5) is 14.5. The van der Waals surface area contributed by atoms with Crippen LogP contribution in [0.3, 0.4) is 0 Å².